The van der Waals surface area contributed by atoms with E-state index in [0.29, 0.717) is 11.3 Å². The Morgan fingerprint density at radius 2 is 1.78 bits per heavy atom. The number of amides is 1. The molecule has 1 amide bonds. The van der Waals surface area contributed by atoms with E-state index in [0.717, 1.165) is 11.1 Å². The van der Waals surface area contributed by atoms with Crippen molar-refractivity contribution in [1.29, 1.82) is 0 Å². The summed E-state index contributed by atoms with van der Waals surface area (Å²) in [4.78, 5) is 24.9. The van der Waals surface area contributed by atoms with Gasteiger partial charge in [-0.3, -0.25) is 9.59 Å². The zero-order valence-corrected chi connectivity index (χ0v) is 22.0. The van der Waals surface area contributed by atoms with Crippen molar-refractivity contribution in [2.45, 2.75) is 59.6 Å². The Morgan fingerprint density at radius 1 is 1.11 bits per heavy atom. The number of carboxylic acid groups (broad SMARTS) is 1. The average molecular weight is 512 g/mol. The number of aliphatic carboxylic acids is 1. The molecule has 198 valence electrons. The van der Waals surface area contributed by atoms with Gasteiger partial charge in [0.1, 0.15) is 18.0 Å². The van der Waals surface area contributed by atoms with Gasteiger partial charge in [0.2, 0.25) is 5.88 Å². The number of halogens is 1. The molecule has 1 heterocycles. The van der Waals surface area contributed by atoms with Gasteiger partial charge in [-0.05, 0) is 61.1 Å². The Labute approximate surface area is 216 Å². The first-order valence-corrected chi connectivity index (χ1v) is 12.0. The van der Waals surface area contributed by atoms with Crippen LogP contribution < -0.4 is 10.1 Å². The van der Waals surface area contributed by atoms with Crippen molar-refractivity contribution in [2.24, 2.45) is 5.41 Å². The fourth-order valence-electron chi connectivity index (χ4n) is 3.60. The molecule has 9 heteroatoms. The molecular formula is C28H34FN3O5. The molecule has 0 unspecified atom stereocenters. The van der Waals surface area contributed by atoms with E-state index in [9.17, 15) is 24.2 Å². The molecule has 3 rings (SSSR count). The molecule has 37 heavy (non-hydrogen) atoms. The largest absolute Gasteiger partial charge is 0.481 e. The van der Waals surface area contributed by atoms with Crippen molar-refractivity contribution >= 4 is 11.9 Å². The first-order valence-electron chi connectivity index (χ1n) is 12.0. The van der Waals surface area contributed by atoms with E-state index in [-0.39, 0.29) is 24.6 Å². The second-order valence-electron chi connectivity index (χ2n) is 10.5. The van der Waals surface area contributed by atoms with Crippen LogP contribution in [-0.4, -0.2) is 44.1 Å². The van der Waals surface area contributed by atoms with Gasteiger partial charge >= 0.3 is 5.97 Å². The third-order valence-electron chi connectivity index (χ3n) is 6.78. The molecular weight excluding hydrogens is 477 g/mol. The first kappa shape index (κ1) is 27.9. The number of nitrogens with zero attached hydrogens (tertiary/aromatic N) is 2. The van der Waals surface area contributed by atoms with Crippen LogP contribution in [0.5, 0.6) is 5.88 Å². The van der Waals surface area contributed by atoms with Gasteiger partial charge in [0.15, 0.2) is 5.69 Å². The van der Waals surface area contributed by atoms with Crippen LogP contribution >= 0.6 is 0 Å². The van der Waals surface area contributed by atoms with Crippen molar-refractivity contribution in [3.8, 4) is 11.6 Å². The number of aromatic nitrogens is 2. The van der Waals surface area contributed by atoms with E-state index in [2.05, 4.69) is 10.4 Å². The minimum absolute atomic E-state index is 0.0460. The smallest absolute Gasteiger partial charge is 0.305 e. The standard InChI is InChI=1S/C28H34FN3O5/c1-17-9-7-12-21(18(17)2)22(15-25(33)34)30-26(35)23-14-24(37-16-28(6,36)27(3,4)5)32(31-23)20-11-8-10-19(29)13-20/h7-14,22,36H,15-16H2,1-6H3,(H,30,35)(H,33,34)/t22-,28-/m0/s1. The molecule has 0 aliphatic carbocycles. The van der Waals surface area contributed by atoms with Gasteiger partial charge in [0.25, 0.3) is 5.91 Å². The number of aliphatic hydroxyl groups is 1. The molecule has 0 bridgehead atoms. The van der Waals surface area contributed by atoms with Crippen molar-refractivity contribution in [2.75, 3.05) is 6.61 Å². The van der Waals surface area contributed by atoms with E-state index >= 15 is 0 Å². The summed E-state index contributed by atoms with van der Waals surface area (Å²) in [5.74, 6) is -2.05. The second-order valence-corrected chi connectivity index (χ2v) is 10.5. The third-order valence-corrected chi connectivity index (χ3v) is 6.78. The number of carbonyl (C=O) groups is 2. The Kier molecular flexibility index (Phi) is 8.07. The number of carboxylic acids is 1. The quantitative estimate of drug-likeness (QED) is 0.382. The van der Waals surface area contributed by atoms with E-state index in [1.807, 2.05) is 46.8 Å². The Balaban J connectivity index is 1.97. The van der Waals surface area contributed by atoms with Crippen molar-refractivity contribution in [3.63, 3.8) is 0 Å². The number of nitrogens with one attached hydrogen (secondary N) is 1. The number of ether oxygens (including phenoxy) is 1. The van der Waals surface area contributed by atoms with Gasteiger partial charge in [0, 0.05) is 6.07 Å². The second kappa shape index (κ2) is 10.7. The minimum Gasteiger partial charge on any atom is -0.481 e. The summed E-state index contributed by atoms with van der Waals surface area (Å²) in [6.45, 7) is 10.9. The van der Waals surface area contributed by atoms with E-state index in [1.54, 1.807) is 19.1 Å². The van der Waals surface area contributed by atoms with E-state index in [1.165, 1.54) is 28.9 Å². The first-order chi connectivity index (χ1) is 17.2. The van der Waals surface area contributed by atoms with E-state index in [4.69, 9.17) is 4.74 Å². The van der Waals surface area contributed by atoms with E-state index < -0.39 is 34.8 Å². The Bertz CT molecular complexity index is 1290. The van der Waals surface area contributed by atoms with Crippen LogP contribution in [0.2, 0.25) is 0 Å². The summed E-state index contributed by atoms with van der Waals surface area (Å²) < 4.78 is 21.2. The summed E-state index contributed by atoms with van der Waals surface area (Å²) in [7, 11) is 0. The molecule has 0 radical (unpaired) electrons. The zero-order chi connectivity index (χ0) is 27.5. The van der Waals surface area contributed by atoms with Crippen LogP contribution in [0.1, 0.15) is 67.3 Å². The molecule has 0 saturated heterocycles. The highest BCUT2D eigenvalue weighted by Crippen LogP contribution is 2.31. The van der Waals surface area contributed by atoms with Crippen LogP contribution in [0.4, 0.5) is 4.39 Å². The summed E-state index contributed by atoms with van der Waals surface area (Å²) in [5, 5.41) is 27.4. The fourth-order valence-corrected chi connectivity index (χ4v) is 3.60. The third kappa shape index (κ3) is 6.54. The minimum atomic E-state index is -1.22. The van der Waals surface area contributed by atoms with Gasteiger partial charge in [-0.25, -0.2) is 9.07 Å². The fraction of sp³-hybridized carbons (Fsp3) is 0.393. The number of hydrogen-bond donors (Lipinski definition) is 3. The number of hydrogen-bond acceptors (Lipinski definition) is 5. The maximum Gasteiger partial charge on any atom is 0.305 e. The monoisotopic (exact) mass is 511 g/mol. The van der Waals surface area contributed by atoms with Crippen LogP contribution in [-0.2, 0) is 4.79 Å². The SMILES string of the molecule is Cc1cccc([C@H](CC(=O)O)NC(=O)c2cc(OC[C@](C)(O)C(C)(C)C)n(-c3cccc(F)c3)n2)c1C. The number of benzene rings is 2. The molecule has 0 aliphatic rings. The zero-order valence-electron chi connectivity index (χ0n) is 22.0. The normalized spacial score (nSPS) is 14.1. The number of carbonyl (C=O) groups excluding carboxylic acids is 1. The molecule has 2 aromatic carbocycles. The average Bonchev–Trinajstić information content (AvgIpc) is 3.23. The maximum atomic E-state index is 14.0. The number of aryl methyl sites for hydroxylation is 1. The molecule has 0 spiro atoms. The molecule has 3 N–H and O–H groups in total. The molecule has 0 saturated carbocycles. The van der Waals surface area contributed by atoms with Crippen molar-refractivity contribution in [1.82, 2.24) is 15.1 Å². The molecule has 0 aliphatic heterocycles. The summed E-state index contributed by atoms with van der Waals surface area (Å²) in [6.07, 6.45) is -0.321. The van der Waals surface area contributed by atoms with Crippen molar-refractivity contribution in [3.05, 3.63) is 76.7 Å². The Hall–Kier alpha value is -3.72. The van der Waals surface area contributed by atoms with Gasteiger partial charge in [-0.2, -0.15) is 5.10 Å². The Morgan fingerprint density at radius 3 is 2.41 bits per heavy atom. The lowest BCUT2D eigenvalue weighted by molar-refractivity contribution is -0.137. The highest BCUT2D eigenvalue weighted by Gasteiger charge is 2.36. The number of rotatable bonds is 9. The van der Waals surface area contributed by atoms with Crippen LogP contribution in [0.3, 0.4) is 0 Å². The van der Waals surface area contributed by atoms with Crippen LogP contribution in [0.25, 0.3) is 5.69 Å². The molecule has 8 nitrogen and oxygen atoms in total. The lowest BCUT2D eigenvalue weighted by atomic mass is 9.78. The lowest BCUT2D eigenvalue weighted by Crippen LogP contribution is -2.45. The summed E-state index contributed by atoms with van der Waals surface area (Å²) >= 11 is 0. The predicted octanol–water partition coefficient (Wildman–Crippen LogP) is 4.75. The molecule has 2 atom stereocenters. The summed E-state index contributed by atoms with van der Waals surface area (Å²) in [5.41, 5.74) is 1.09. The van der Waals surface area contributed by atoms with Crippen LogP contribution in [0, 0.1) is 25.1 Å². The van der Waals surface area contributed by atoms with Gasteiger partial charge < -0.3 is 20.3 Å². The van der Waals surface area contributed by atoms with Gasteiger partial charge in [0.05, 0.1) is 18.2 Å². The highest BCUT2D eigenvalue weighted by atomic mass is 19.1. The van der Waals surface area contributed by atoms with Crippen molar-refractivity contribution < 1.29 is 28.9 Å². The van der Waals surface area contributed by atoms with Gasteiger partial charge in [-0.1, -0.05) is 45.0 Å². The molecule has 0 fully saturated rings. The highest BCUT2D eigenvalue weighted by molar-refractivity contribution is 5.93. The van der Waals surface area contributed by atoms with Gasteiger partial charge in [-0.15, -0.1) is 0 Å². The summed E-state index contributed by atoms with van der Waals surface area (Å²) in [6, 6.07) is 11.7. The molecule has 1 aromatic heterocycles. The van der Waals surface area contributed by atoms with Crippen LogP contribution in [0.15, 0.2) is 48.5 Å². The lowest BCUT2D eigenvalue weighted by Gasteiger charge is -2.36. The topological polar surface area (TPSA) is 114 Å². The maximum absolute atomic E-state index is 14.0. The molecule has 3 aromatic rings. The predicted molar refractivity (Wildman–Crippen MR) is 137 cm³/mol.